The first-order valence-corrected chi connectivity index (χ1v) is 11.1. The number of carbonyl (C=O) groups excluding carboxylic acids is 2. The molecule has 0 aliphatic carbocycles. The Kier molecular flexibility index (Phi) is 6.28. The highest BCUT2D eigenvalue weighted by Gasteiger charge is 2.20. The molecule has 2 heterocycles. The van der Waals surface area contributed by atoms with E-state index < -0.39 is 0 Å². The lowest BCUT2D eigenvalue weighted by Gasteiger charge is -2.15. The van der Waals surface area contributed by atoms with Gasteiger partial charge in [0.1, 0.15) is 12.3 Å². The van der Waals surface area contributed by atoms with Gasteiger partial charge < -0.3 is 19.5 Å². The van der Waals surface area contributed by atoms with Gasteiger partial charge in [-0.3, -0.25) is 9.59 Å². The summed E-state index contributed by atoms with van der Waals surface area (Å²) in [7, 11) is 1.58. The molecule has 3 aromatic rings. The Labute approximate surface area is 180 Å². The molecule has 0 radical (unpaired) electrons. The van der Waals surface area contributed by atoms with E-state index in [0.717, 1.165) is 41.7 Å². The molecule has 4 rings (SSSR count). The summed E-state index contributed by atoms with van der Waals surface area (Å²) in [5.74, 6) is 0.952. The van der Waals surface area contributed by atoms with Crippen molar-refractivity contribution in [3.05, 3.63) is 54.7 Å². The Morgan fingerprint density at radius 3 is 2.60 bits per heavy atom. The van der Waals surface area contributed by atoms with E-state index in [9.17, 15) is 9.59 Å². The molecule has 1 aliphatic rings. The number of hydrogen-bond donors (Lipinski definition) is 1. The average molecular weight is 424 g/mol. The predicted octanol–water partition coefficient (Wildman–Crippen LogP) is 4.00. The third kappa shape index (κ3) is 4.46. The number of rotatable bonds is 7. The standard InChI is InChI=1S/C23H25N3O3S/c1-29-20-11-5-3-9-18(20)24-22(27)16-30-21-14-26(19-10-4-2-8-17(19)21)15-23(28)25-12-6-7-13-25/h2-5,8-11,14H,6-7,12-13,15-16H2,1H3,(H,24,27). The first-order chi connectivity index (χ1) is 14.7. The maximum absolute atomic E-state index is 12.6. The normalized spacial score (nSPS) is 13.6. The summed E-state index contributed by atoms with van der Waals surface area (Å²) in [5, 5.41) is 3.96. The molecule has 1 fully saturated rings. The minimum absolute atomic E-state index is 0.102. The molecule has 1 aliphatic heterocycles. The van der Waals surface area contributed by atoms with E-state index in [1.807, 2.05) is 64.2 Å². The molecule has 6 nitrogen and oxygen atoms in total. The number of benzene rings is 2. The van der Waals surface area contributed by atoms with Gasteiger partial charge in [-0.2, -0.15) is 0 Å². The number of ether oxygens (including phenoxy) is 1. The van der Waals surface area contributed by atoms with Gasteiger partial charge in [0.25, 0.3) is 0 Å². The zero-order chi connectivity index (χ0) is 20.9. The maximum atomic E-state index is 12.6. The molecule has 0 bridgehead atoms. The zero-order valence-corrected chi connectivity index (χ0v) is 17.8. The molecule has 1 aromatic heterocycles. The van der Waals surface area contributed by atoms with E-state index in [2.05, 4.69) is 5.32 Å². The number of amides is 2. The van der Waals surface area contributed by atoms with Crippen molar-refractivity contribution >= 4 is 40.2 Å². The van der Waals surface area contributed by atoms with Gasteiger partial charge in [-0.05, 0) is 31.0 Å². The lowest BCUT2D eigenvalue weighted by atomic mass is 10.2. The quantitative estimate of drug-likeness (QED) is 0.584. The van der Waals surface area contributed by atoms with Crippen molar-refractivity contribution in [2.24, 2.45) is 0 Å². The van der Waals surface area contributed by atoms with Gasteiger partial charge in [0.2, 0.25) is 11.8 Å². The maximum Gasteiger partial charge on any atom is 0.242 e. The van der Waals surface area contributed by atoms with Crippen LogP contribution in [0.5, 0.6) is 5.75 Å². The van der Waals surface area contributed by atoms with Gasteiger partial charge in [0, 0.05) is 35.1 Å². The summed E-state index contributed by atoms with van der Waals surface area (Å²) in [4.78, 5) is 28.0. The number of carbonyl (C=O) groups is 2. The Morgan fingerprint density at radius 2 is 1.80 bits per heavy atom. The molecule has 1 saturated heterocycles. The molecular formula is C23H25N3O3S. The third-order valence-electron chi connectivity index (χ3n) is 5.26. The molecular weight excluding hydrogens is 398 g/mol. The molecule has 1 N–H and O–H groups in total. The fraction of sp³-hybridized carbons (Fsp3) is 0.304. The SMILES string of the molecule is COc1ccccc1NC(=O)CSc1cn(CC(=O)N2CCCC2)c2ccccc12. The van der Waals surface area contributed by atoms with Crippen molar-refractivity contribution in [1.82, 2.24) is 9.47 Å². The van der Waals surface area contributed by atoms with E-state index >= 15 is 0 Å². The number of fused-ring (bicyclic) bond motifs is 1. The van der Waals surface area contributed by atoms with Crippen molar-refractivity contribution in [3.63, 3.8) is 0 Å². The molecule has 7 heteroatoms. The average Bonchev–Trinajstić information content (AvgIpc) is 3.42. The Balaban J connectivity index is 1.46. The zero-order valence-electron chi connectivity index (χ0n) is 17.0. The summed E-state index contributed by atoms with van der Waals surface area (Å²) in [6.45, 7) is 2.03. The van der Waals surface area contributed by atoms with Crippen LogP contribution >= 0.6 is 11.8 Å². The first-order valence-electron chi connectivity index (χ1n) is 10.1. The highest BCUT2D eigenvalue weighted by atomic mass is 32.2. The van der Waals surface area contributed by atoms with Crippen LogP contribution in [-0.2, 0) is 16.1 Å². The van der Waals surface area contributed by atoms with Gasteiger partial charge in [-0.1, -0.05) is 30.3 Å². The van der Waals surface area contributed by atoms with Crippen LogP contribution in [0.1, 0.15) is 12.8 Å². The van der Waals surface area contributed by atoms with Crippen LogP contribution in [0, 0.1) is 0 Å². The second kappa shape index (κ2) is 9.26. The number of para-hydroxylation sites is 3. The van der Waals surface area contributed by atoms with Crippen LogP contribution in [-0.4, -0.2) is 47.2 Å². The first kappa shape index (κ1) is 20.3. The van der Waals surface area contributed by atoms with Crippen molar-refractivity contribution in [2.45, 2.75) is 24.3 Å². The van der Waals surface area contributed by atoms with Crippen LogP contribution in [0.15, 0.2) is 59.6 Å². The molecule has 0 atom stereocenters. The smallest absolute Gasteiger partial charge is 0.242 e. The van der Waals surface area contributed by atoms with E-state index in [4.69, 9.17) is 4.74 Å². The van der Waals surface area contributed by atoms with Gasteiger partial charge in [0.15, 0.2) is 0 Å². The fourth-order valence-electron chi connectivity index (χ4n) is 3.75. The second-order valence-electron chi connectivity index (χ2n) is 7.26. The summed E-state index contributed by atoms with van der Waals surface area (Å²) >= 11 is 1.47. The van der Waals surface area contributed by atoms with Crippen LogP contribution in [0.3, 0.4) is 0 Å². The van der Waals surface area contributed by atoms with E-state index in [1.165, 1.54) is 11.8 Å². The lowest BCUT2D eigenvalue weighted by Crippen LogP contribution is -2.30. The van der Waals surface area contributed by atoms with Crippen LogP contribution in [0.4, 0.5) is 5.69 Å². The lowest BCUT2D eigenvalue weighted by molar-refractivity contribution is -0.130. The van der Waals surface area contributed by atoms with Crippen molar-refractivity contribution in [1.29, 1.82) is 0 Å². The monoisotopic (exact) mass is 423 g/mol. The number of anilines is 1. The van der Waals surface area contributed by atoms with Crippen LogP contribution < -0.4 is 10.1 Å². The second-order valence-corrected chi connectivity index (χ2v) is 8.28. The van der Waals surface area contributed by atoms with Crippen molar-refractivity contribution in [2.75, 3.05) is 31.3 Å². The van der Waals surface area contributed by atoms with Gasteiger partial charge in [0.05, 0.1) is 18.6 Å². The number of hydrogen-bond acceptors (Lipinski definition) is 4. The molecule has 2 amide bonds. The summed E-state index contributed by atoms with van der Waals surface area (Å²) in [5.41, 5.74) is 1.67. The highest BCUT2D eigenvalue weighted by Crippen LogP contribution is 2.31. The summed E-state index contributed by atoms with van der Waals surface area (Å²) in [6.07, 6.45) is 4.15. The van der Waals surface area contributed by atoms with Gasteiger partial charge in [-0.25, -0.2) is 0 Å². The third-order valence-corrected chi connectivity index (χ3v) is 6.30. The minimum atomic E-state index is -0.102. The Bertz CT molecular complexity index is 1060. The minimum Gasteiger partial charge on any atom is -0.495 e. The van der Waals surface area contributed by atoms with Crippen LogP contribution in [0.2, 0.25) is 0 Å². The van der Waals surface area contributed by atoms with Gasteiger partial charge >= 0.3 is 0 Å². The molecule has 156 valence electrons. The fourth-order valence-corrected chi connectivity index (χ4v) is 4.64. The van der Waals surface area contributed by atoms with Crippen molar-refractivity contribution in [3.8, 4) is 5.75 Å². The molecule has 2 aromatic carbocycles. The van der Waals surface area contributed by atoms with Crippen LogP contribution in [0.25, 0.3) is 10.9 Å². The molecule has 30 heavy (non-hydrogen) atoms. The van der Waals surface area contributed by atoms with E-state index in [1.54, 1.807) is 7.11 Å². The number of aromatic nitrogens is 1. The highest BCUT2D eigenvalue weighted by molar-refractivity contribution is 8.00. The van der Waals surface area contributed by atoms with E-state index in [-0.39, 0.29) is 17.6 Å². The predicted molar refractivity (Wildman–Crippen MR) is 120 cm³/mol. The topological polar surface area (TPSA) is 63.6 Å². The molecule has 0 saturated carbocycles. The number of methoxy groups -OCH3 is 1. The summed E-state index contributed by atoms with van der Waals surface area (Å²) in [6, 6.07) is 15.4. The largest absolute Gasteiger partial charge is 0.495 e. The molecule has 0 spiro atoms. The number of nitrogens with zero attached hydrogens (tertiary/aromatic N) is 2. The molecule has 0 unspecified atom stereocenters. The Hall–Kier alpha value is -2.93. The number of likely N-dealkylation sites (tertiary alicyclic amines) is 1. The number of nitrogens with one attached hydrogen (secondary N) is 1. The summed E-state index contributed by atoms with van der Waals surface area (Å²) < 4.78 is 7.28. The van der Waals surface area contributed by atoms with Crippen molar-refractivity contribution < 1.29 is 14.3 Å². The number of thioether (sulfide) groups is 1. The Morgan fingerprint density at radius 1 is 1.07 bits per heavy atom. The van der Waals surface area contributed by atoms with E-state index in [0.29, 0.717) is 18.0 Å². The van der Waals surface area contributed by atoms with Gasteiger partial charge in [-0.15, -0.1) is 11.8 Å².